The number of nitrogens with zero attached hydrogens (tertiary/aromatic N) is 3. The summed E-state index contributed by atoms with van der Waals surface area (Å²) >= 11 is 0. The van der Waals surface area contributed by atoms with Crippen molar-refractivity contribution < 1.29 is 18.9 Å². The van der Waals surface area contributed by atoms with Gasteiger partial charge in [-0.3, -0.25) is 14.7 Å². The molecule has 0 bridgehead atoms. The van der Waals surface area contributed by atoms with E-state index in [-0.39, 0.29) is 5.56 Å². The maximum absolute atomic E-state index is 12.4. The monoisotopic (exact) mass is 544 g/mol. The lowest BCUT2D eigenvalue weighted by Gasteiger charge is -2.26. The zero-order chi connectivity index (χ0) is 28.9. The molecular formula is C30H48N4O5. The van der Waals surface area contributed by atoms with Gasteiger partial charge in [-0.05, 0) is 43.2 Å². The van der Waals surface area contributed by atoms with Crippen LogP contribution in [0.4, 0.5) is 0 Å². The Morgan fingerprint density at radius 3 is 2.21 bits per heavy atom. The third-order valence-electron chi connectivity index (χ3n) is 5.54. The molecule has 39 heavy (non-hydrogen) atoms. The molecule has 1 aromatic carbocycles. The van der Waals surface area contributed by atoms with Gasteiger partial charge in [0.15, 0.2) is 11.5 Å². The van der Waals surface area contributed by atoms with Gasteiger partial charge < -0.3 is 18.9 Å². The van der Waals surface area contributed by atoms with Crippen molar-refractivity contribution in [1.29, 1.82) is 0 Å². The molecule has 0 aliphatic carbocycles. The van der Waals surface area contributed by atoms with Crippen molar-refractivity contribution in [2.24, 2.45) is 0 Å². The van der Waals surface area contributed by atoms with Crippen LogP contribution in [-0.2, 0) is 15.9 Å². The summed E-state index contributed by atoms with van der Waals surface area (Å²) in [7, 11) is 3.28. The Hall–Kier alpha value is -3.01. The van der Waals surface area contributed by atoms with Gasteiger partial charge in [-0.2, -0.15) is 5.10 Å². The van der Waals surface area contributed by atoms with Crippen LogP contribution in [0, 0.1) is 0 Å². The quantitative estimate of drug-likeness (QED) is 0.371. The molecule has 9 heteroatoms. The van der Waals surface area contributed by atoms with E-state index in [9.17, 15) is 4.79 Å². The largest absolute Gasteiger partial charge is 0.493 e. The number of ether oxygens (including phenoxy) is 4. The molecule has 3 heterocycles. The van der Waals surface area contributed by atoms with Crippen molar-refractivity contribution in [1.82, 2.24) is 20.1 Å². The SMILES string of the molecule is CC.CCC.CCOC.COc1cc2c(Cc3ccncc3)n[nH]c(=O)c2cc1OCCCN1CCOCC1. The standard InChI is InChI=1S/C22H26N4O4.C3H8O.C3H8.C2H6/c1-28-20-14-17-18(15-21(20)30-10-2-7-26-8-11-29-12-9-26)22(27)25-24-19(17)13-16-3-5-23-6-4-16;1-3-4-2;1-3-2;1-2/h3-6,14-15H,2,7-13H2,1H3,(H,25,27);3H2,1-2H3;3H2,1-2H3;1-2H3. The molecule has 218 valence electrons. The molecule has 0 atom stereocenters. The van der Waals surface area contributed by atoms with Gasteiger partial charge in [0.05, 0.1) is 38.0 Å². The van der Waals surface area contributed by atoms with Gasteiger partial charge in [-0.25, -0.2) is 5.10 Å². The van der Waals surface area contributed by atoms with Crippen LogP contribution < -0.4 is 15.0 Å². The van der Waals surface area contributed by atoms with E-state index in [1.165, 1.54) is 6.42 Å². The number of morpholine rings is 1. The van der Waals surface area contributed by atoms with Crippen molar-refractivity contribution in [2.75, 3.05) is 60.3 Å². The predicted molar refractivity (Wildman–Crippen MR) is 158 cm³/mol. The highest BCUT2D eigenvalue weighted by Crippen LogP contribution is 2.32. The number of pyridine rings is 1. The number of aromatic amines is 1. The van der Waals surface area contributed by atoms with Gasteiger partial charge in [0.1, 0.15) is 0 Å². The second-order valence-corrected chi connectivity index (χ2v) is 8.52. The first-order valence-corrected chi connectivity index (χ1v) is 14.0. The number of nitrogens with one attached hydrogen (secondary N) is 1. The van der Waals surface area contributed by atoms with E-state index in [1.807, 2.05) is 39.0 Å². The van der Waals surface area contributed by atoms with Crippen LogP contribution in [0.2, 0.25) is 0 Å². The zero-order valence-electron chi connectivity index (χ0n) is 24.9. The van der Waals surface area contributed by atoms with Gasteiger partial charge in [0.25, 0.3) is 5.56 Å². The van der Waals surface area contributed by atoms with Gasteiger partial charge in [0.2, 0.25) is 0 Å². The lowest BCUT2D eigenvalue weighted by Crippen LogP contribution is -2.37. The fourth-order valence-corrected chi connectivity index (χ4v) is 3.62. The van der Waals surface area contributed by atoms with Crippen LogP contribution in [0.5, 0.6) is 11.5 Å². The van der Waals surface area contributed by atoms with Crippen LogP contribution in [0.15, 0.2) is 41.5 Å². The Morgan fingerprint density at radius 2 is 1.62 bits per heavy atom. The number of rotatable bonds is 9. The highest BCUT2D eigenvalue weighted by molar-refractivity contribution is 5.87. The van der Waals surface area contributed by atoms with Gasteiger partial charge in [-0.1, -0.05) is 34.1 Å². The van der Waals surface area contributed by atoms with E-state index >= 15 is 0 Å². The highest BCUT2D eigenvalue weighted by Gasteiger charge is 2.15. The second-order valence-electron chi connectivity index (χ2n) is 8.52. The molecular weight excluding hydrogens is 496 g/mol. The highest BCUT2D eigenvalue weighted by atomic mass is 16.5. The molecule has 0 saturated carbocycles. The zero-order valence-corrected chi connectivity index (χ0v) is 24.9. The molecule has 1 fully saturated rings. The first-order chi connectivity index (χ1) is 19.1. The maximum atomic E-state index is 12.4. The first-order valence-electron chi connectivity index (χ1n) is 14.0. The Bertz CT molecular complexity index is 1080. The Kier molecular flexibility index (Phi) is 18.2. The molecule has 1 aliphatic rings. The van der Waals surface area contributed by atoms with Crippen molar-refractivity contribution in [3.8, 4) is 11.5 Å². The van der Waals surface area contributed by atoms with E-state index < -0.39 is 0 Å². The lowest BCUT2D eigenvalue weighted by molar-refractivity contribution is 0.0357. The average molecular weight is 545 g/mol. The normalized spacial score (nSPS) is 12.7. The Labute approximate surface area is 233 Å². The van der Waals surface area contributed by atoms with Gasteiger partial charge >= 0.3 is 0 Å². The lowest BCUT2D eigenvalue weighted by atomic mass is 10.0. The summed E-state index contributed by atoms with van der Waals surface area (Å²) in [5, 5.41) is 8.16. The summed E-state index contributed by atoms with van der Waals surface area (Å²) in [6, 6.07) is 7.45. The number of H-pyrrole nitrogens is 1. The summed E-state index contributed by atoms with van der Waals surface area (Å²) in [4.78, 5) is 18.8. The fraction of sp³-hybridized carbons (Fsp3) is 0.567. The smallest absolute Gasteiger partial charge is 0.272 e. The Morgan fingerprint density at radius 1 is 1.00 bits per heavy atom. The molecule has 0 amide bonds. The molecule has 3 aromatic rings. The summed E-state index contributed by atoms with van der Waals surface area (Å²) < 4.78 is 21.4. The van der Waals surface area contributed by atoms with E-state index in [1.54, 1.807) is 32.7 Å². The van der Waals surface area contributed by atoms with E-state index in [2.05, 4.69) is 38.7 Å². The number of benzene rings is 1. The third-order valence-corrected chi connectivity index (χ3v) is 5.54. The summed E-state index contributed by atoms with van der Waals surface area (Å²) in [5.41, 5.74) is 1.59. The molecule has 9 nitrogen and oxygen atoms in total. The van der Waals surface area contributed by atoms with E-state index in [0.717, 1.165) is 62.5 Å². The van der Waals surface area contributed by atoms with Crippen LogP contribution in [0.1, 0.15) is 58.7 Å². The number of hydrogen-bond acceptors (Lipinski definition) is 8. The van der Waals surface area contributed by atoms with Crippen LogP contribution in [-0.4, -0.2) is 80.4 Å². The molecule has 4 rings (SSSR count). The molecule has 0 unspecified atom stereocenters. The Balaban J connectivity index is 0.000000748. The number of aromatic nitrogens is 3. The minimum absolute atomic E-state index is 0.246. The van der Waals surface area contributed by atoms with Crippen LogP contribution >= 0.6 is 0 Å². The summed E-state index contributed by atoms with van der Waals surface area (Å²) in [6.45, 7) is 16.0. The number of fused-ring (bicyclic) bond motifs is 1. The van der Waals surface area contributed by atoms with Crippen LogP contribution in [0.3, 0.4) is 0 Å². The van der Waals surface area contributed by atoms with Gasteiger partial charge in [0, 0.05) is 57.6 Å². The summed E-state index contributed by atoms with van der Waals surface area (Å²) in [5.74, 6) is 1.16. The van der Waals surface area contributed by atoms with E-state index in [4.69, 9.17) is 14.2 Å². The molecule has 2 aromatic heterocycles. The molecule has 0 radical (unpaired) electrons. The van der Waals surface area contributed by atoms with Crippen molar-refractivity contribution in [3.63, 3.8) is 0 Å². The molecule has 0 spiro atoms. The van der Waals surface area contributed by atoms with Crippen molar-refractivity contribution >= 4 is 10.8 Å². The first kappa shape index (κ1) is 34.0. The maximum Gasteiger partial charge on any atom is 0.272 e. The van der Waals surface area contributed by atoms with E-state index in [0.29, 0.717) is 29.9 Å². The average Bonchev–Trinajstić information content (AvgIpc) is 2.99. The van der Waals surface area contributed by atoms with Gasteiger partial charge in [-0.15, -0.1) is 0 Å². The number of methoxy groups -OCH3 is 2. The fourth-order valence-electron chi connectivity index (χ4n) is 3.62. The molecule has 1 N–H and O–H groups in total. The molecule has 1 saturated heterocycles. The van der Waals surface area contributed by atoms with Crippen LogP contribution in [0.25, 0.3) is 10.8 Å². The topological polar surface area (TPSA) is 98.8 Å². The second kappa shape index (κ2) is 20.9. The molecule has 1 aliphatic heterocycles. The minimum atomic E-state index is -0.246. The third kappa shape index (κ3) is 12.1. The van der Waals surface area contributed by atoms with Crippen molar-refractivity contribution in [2.45, 2.75) is 53.9 Å². The minimum Gasteiger partial charge on any atom is -0.493 e. The number of hydrogen-bond donors (Lipinski definition) is 1. The summed E-state index contributed by atoms with van der Waals surface area (Å²) in [6.07, 6.45) is 6.21. The predicted octanol–water partition coefficient (Wildman–Crippen LogP) is 5.11. The van der Waals surface area contributed by atoms with Crippen molar-refractivity contribution in [3.05, 3.63) is 58.3 Å².